The number of fused-ring (bicyclic) bond motifs is 1. The molecule has 0 spiro atoms. The third-order valence-electron chi connectivity index (χ3n) is 3.19. The van der Waals surface area contributed by atoms with Crippen LogP contribution in [0.25, 0.3) is 0 Å². The van der Waals surface area contributed by atoms with Crippen LogP contribution < -0.4 is 4.90 Å². The second-order valence-corrected chi connectivity index (χ2v) is 5.34. The summed E-state index contributed by atoms with van der Waals surface area (Å²) in [6.07, 6.45) is 0.960. The summed E-state index contributed by atoms with van der Waals surface area (Å²) in [6.45, 7) is 6.54. The molecule has 3 heteroatoms. The highest BCUT2D eigenvalue weighted by Crippen LogP contribution is 2.28. The van der Waals surface area contributed by atoms with Crippen LogP contribution in [-0.4, -0.2) is 18.2 Å². The molecule has 0 radical (unpaired) electrons. The first-order chi connectivity index (χ1) is 8.49. The predicted octanol–water partition coefficient (Wildman–Crippen LogP) is 2.96. The van der Waals surface area contributed by atoms with Gasteiger partial charge in [0.15, 0.2) is 5.78 Å². The molecule has 0 bridgehead atoms. The van der Waals surface area contributed by atoms with E-state index in [1.54, 1.807) is 4.90 Å². The fraction of sp³-hybridized carbons (Fsp3) is 0.467. The standard InChI is InChI=1S/C15H19NO2/c1-10(2)8-15(18)16-7-6-14(17)12-9-11(3)4-5-13(12)16/h4-5,9-10H,6-8H2,1-3H3. The molecular formula is C15H19NO2. The van der Waals surface area contributed by atoms with Crippen LogP contribution in [0.5, 0.6) is 0 Å². The molecule has 1 aromatic carbocycles. The number of carbonyl (C=O) groups excluding carboxylic acids is 2. The Morgan fingerprint density at radius 2 is 2.11 bits per heavy atom. The Balaban J connectivity index is 2.34. The van der Waals surface area contributed by atoms with Gasteiger partial charge in [-0.1, -0.05) is 25.5 Å². The number of ketones is 1. The van der Waals surface area contributed by atoms with Crippen LogP contribution >= 0.6 is 0 Å². The molecule has 0 aliphatic carbocycles. The van der Waals surface area contributed by atoms with E-state index >= 15 is 0 Å². The van der Waals surface area contributed by atoms with Crippen LogP contribution in [0.4, 0.5) is 5.69 Å². The molecular weight excluding hydrogens is 226 g/mol. The van der Waals surface area contributed by atoms with Gasteiger partial charge in [0, 0.05) is 24.9 Å². The maximum Gasteiger partial charge on any atom is 0.227 e. The van der Waals surface area contributed by atoms with E-state index in [0.717, 1.165) is 11.3 Å². The number of amides is 1. The van der Waals surface area contributed by atoms with Crippen LogP contribution in [0.3, 0.4) is 0 Å². The Bertz CT molecular complexity index is 491. The second kappa shape index (κ2) is 4.92. The van der Waals surface area contributed by atoms with Gasteiger partial charge in [-0.25, -0.2) is 0 Å². The fourth-order valence-electron chi connectivity index (χ4n) is 2.30. The summed E-state index contributed by atoms with van der Waals surface area (Å²) in [7, 11) is 0. The summed E-state index contributed by atoms with van der Waals surface area (Å²) in [6, 6.07) is 5.72. The zero-order chi connectivity index (χ0) is 13.3. The van der Waals surface area contributed by atoms with Gasteiger partial charge in [-0.2, -0.15) is 0 Å². The molecule has 18 heavy (non-hydrogen) atoms. The zero-order valence-corrected chi connectivity index (χ0v) is 11.2. The van der Waals surface area contributed by atoms with E-state index in [0.29, 0.717) is 30.9 Å². The second-order valence-electron chi connectivity index (χ2n) is 5.34. The minimum absolute atomic E-state index is 0.114. The number of benzene rings is 1. The molecule has 0 N–H and O–H groups in total. The lowest BCUT2D eigenvalue weighted by molar-refractivity contribution is -0.119. The average molecular weight is 245 g/mol. The molecule has 2 rings (SSSR count). The lowest BCUT2D eigenvalue weighted by atomic mass is 9.97. The number of rotatable bonds is 2. The predicted molar refractivity (Wildman–Crippen MR) is 71.9 cm³/mol. The molecule has 96 valence electrons. The molecule has 1 aliphatic rings. The van der Waals surface area contributed by atoms with Crippen LogP contribution in [0.1, 0.15) is 42.6 Å². The molecule has 0 atom stereocenters. The number of anilines is 1. The van der Waals surface area contributed by atoms with Gasteiger partial charge in [0.05, 0.1) is 5.69 Å². The van der Waals surface area contributed by atoms with Gasteiger partial charge in [0.1, 0.15) is 0 Å². The monoisotopic (exact) mass is 245 g/mol. The van der Waals surface area contributed by atoms with E-state index in [-0.39, 0.29) is 11.7 Å². The largest absolute Gasteiger partial charge is 0.311 e. The molecule has 0 saturated carbocycles. The van der Waals surface area contributed by atoms with Crippen LogP contribution in [0.15, 0.2) is 18.2 Å². The normalized spacial score (nSPS) is 14.9. The van der Waals surface area contributed by atoms with E-state index in [9.17, 15) is 9.59 Å². The number of aryl methyl sites for hydroxylation is 1. The topological polar surface area (TPSA) is 37.4 Å². The minimum atomic E-state index is 0.114. The Kier molecular flexibility index (Phi) is 3.50. The van der Waals surface area contributed by atoms with E-state index in [2.05, 4.69) is 0 Å². The van der Waals surface area contributed by atoms with Gasteiger partial charge >= 0.3 is 0 Å². The Hall–Kier alpha value is -1.64. The quantitative estimate of drug-likeness (QED) is 0.803. The molecule has 0 saturated heterocycles. The van der Waals surface area contributed by atoms with Crippen molar-refractivity contribution in [1.82, 2.24) is 0 Å². The maximum absolute atomic E-state index is 12.2. The molecule has 3 nitrogen and oxygen atoms in total. The van der Waals surface area contributed by atoms with Gasteiger partial charge < -0.3 is 4.90 Å². The van der Waals surface area contributed by atoms with Gasteiger partial charge in [0.2, 0.25) is 5.91 Å². The number of carbonyl (C=O) groups is 2. The third-order valence-corrected chi connectivity index (χ3v) is 3.19. The van der Waals surface area contributed by atoms with Crippen molar-refractivity contribution in [2.45, 2.75) is 33.6 Å². The lowest BCUT2D eigenvalue weighted by Crippen LogP contribution is -2.37. The smallest absolute Gasteiger partial charge is 0.227 e. The maximum atomic E-state index is 12.2. The van der Waals surface area contributed by atoms with E-state index < -0.39 is 0 Å². The molecule has 0 unspecified atom stereocenters. The zero-order valence-electron chi connectivity index (χ0n) is 11.2. The first kappa shape index (κ1) is 12.8. The van der Waals surface area contributed by atoms with Crippen molar-refractivity contribution in [3.63, 3.8) is 0 Å². The Labute approximate surface area is 108 Å². The van der Waals surface area contributed by atoms with Crippen molar-refractivity contribution >= 4 is 17.4 Å². The lowest BCUT2D eigenvalue weighted by Gasteiger charge is -2.29. The highest BCUT2D eigenvalue weighted by atomic mass is 16.2. The van der Waals surface area contributed by atoms with Crippen molar-refractivity contribution in [1.29, 1.82) is 0 Å². The molecule has 1 heterocycles. The van der Waals surface area contributed by atoms with E-state index in [1.807, 2.05) is 39.0 Å². The summed E-state index contributed by atoms with van der Waals surface area (Å²) in [5.74, 6) is 0.592. The fourth-order valence-corrected chi connectivity index (χ4v) is 2.30. The van der Waals surface area contributed by atoms with Crippen LogP contribution in [-0.2, 0) is 4.79 Å². The summed E-state index contributed by atoms with van der Waals surface area (Å²) < 4.78 is 0. The number of hydrogen-bond donors (Lipinski definition) is 0. The minimum Gasteiger partial charge on any atom is -0.311 e. The van der Waals surface area contributed by atoms with Crippen molar-refractivity contribution in [3.8, 4) is 0 Å². The third kappa shape index (κ3) is 2.45. The van der Waals surface area contributed by atoms with Gasteiger partial charge in [0.25, 0.3) is 0 Å². The molecule has 0 fully saturated rings. The highest BCUT2D eigenvalue weighted by molar-refractivity contribution is 6.08. The van der Waals surface area contributed by atoms with Crippen molar-refractivity contribution in [3.05, 3.63) is 29.3 Å². The number of hydrogen-bond acceptors (Lipinski definition) is 2. The Morgan fingerprint density at radius 1 is 1.39 bits per heavy atom. The van der Waals surface area contributed by atoms with Crippen LogP contribution in [0.2, 0.25) is 0 Å². The van der Waals surface area contributed by atoms with Gasteiger partial charge in [-0.05, 0) is 25.0 Å². The summed E-state index contributed by atoms with van der Waals surface area (Å²) in [5.41, 5.74) is 2.53. The first-order valence-corrected chi connectivity index (χ1v) is 6.43. The van der Waals surface area contributed by atoms with E-state index in [1.165, 1.54) is 0 Å². The first-order valence-electron chi connectivity index (χ1n) is 6.43. The summed E-state index contributed by atoms with van der Waals surface area (Å²) in [5, 5.41) is 0. The van der Waals surface area contributed by atoms with Gasteiger partial charge in [-0.3, -0.25) is 9.59 Å². The van der Waals surface area contributed by atoms with E-state index in [4.69, 9.17) is 0 Å². The van der Waals surface area contributed by atoms with Crippen molar-refractivity contribution in [2.24, 2.45) is 5.92 Å². The summed E-state index contributed by atoms with van der Waals surface area (Å²) >= 11 is 0. The Morgan fingerprint density at radius 3 is 2.78 bits per heavy atom. The average Bonchev–Trinajstić information content (AvgIpc) is 2.29. The summed E-state index contributed by atoms with van der Waals surface area (Å²) in [4.78, 5) is 25.8. The van der Waals surface area contributed by atoms with Crippen LogP contribution in [0, 0.1) is 12.8 Å². The van der Waals surface area contributed by atoms with Gasteiger partial charge in [-0.15, -0.1) is 0 Å². The highest BCUT2D eigenvalue weighted by Gasteiger charge is 2.27. The van der Waals surface area contributed by atoms with Crippen molar-refractivity contribution in [2.75, 3.05) is 11.4 Å². The number of nitrogens with zero attached hydrogens (tertiary/aromatic N) is 1. The number of Topliss-reactive ketones (excluding diaryl/α,β-unsaturated/α-hetero) is 1. The molecule has 1 aromatic rings. The van der Waals surface area contributed by atoms with Crippen molar-refractivity contribution < 1.29 is 9.59 Å². The molecule has 0 aromatic heterocycles. The SMILES string of the molecule is Cc1ccc2c(c1)C(=O)CCN2C(=O)CC(C)C. The molecule has 1 aliphatic heterocycles. The molecule has 1 amide bonds.